The Hall–Kier alpha value is -0.0500. The minimum absolute atomic E-state index is 0.634. The van der Waals surface area contributed by atoms with Crippen LogP contribution in [0.2, 0.25) is 20.1 Å². The maximum atomic E-state index is 6.08. The highest BCUT2D eigenvalue weighted by atomic mass is 35.5. The first-order chi connectivity index (χ1) is 8.06. The standard InChI is InChI=1S/C12H6Cl4S/c13-7-1-3-9(15)11(5-7)17-12-6-8(14)2-4-10(12)16/h1-6H. The van der Waals surface area contributed by atoms with Gasteiger partial charge in [-0.3, -0.25) is 0 Å². The minimum atomic E-state index is 0.634. The summed E-state index contributed by atoms with van der Waals surface area (Å²) >= 11 is 25.4. The van der Waals surface area contributed by atoms with Crippen LogP contribution in [0.25, 0.3) is 0 Å². The fraction of sp³-hybridized carbons (Fsp3) is 0. The zero-order valence-corrected chi connectivity index (χ0v) is 12.2. The number of hydrogen-bond acceptors (Lipinski definition) is 1. The van der Waals surface area contributed by atoms with Crippen molar-refractivity contribution in [1.82, 2.24) is 0 Å². The van der Waals surface area contributed by atoms with Crippen LogP contribution in [0.4, 0.5) is 0 Å². The Bertz CT molecular complexity index is 505. The van der Waals surface area contributed by atoms with Crippen molar-refractivity contribution in [3.8, 4) is 0 Å². The normalized spacial score (nSPS) is 10.6. The SMILES string of the molecule is Clc1ccc(Cl)c(Sc2cc(Cl)ccc2Cl)c1. The number of benzene rings is 2. The van der Waals surface area contributed by atoms with Gasteiger partial charge in [0.05, 0.1) is 10.0 Å². The second-order valence-electron chi connectivity index (χ2n) is 3.25. The molecule has 0 aliphatic carbocycles. The van der Waals surface area contributed by atoms with Crippen LogP contribution in [0.1, 0.15) is 0 Å². The first-order valence-electron chi connectivity index (χ1n) is 4.64. The lowest BCUT2D eigenvalue weighted by Crippen LogP contribution is -1.78. The third-order valence-electron chi connectivity index (χ3n) is 2.01. The molecule has 0 bridgehead atoms. The van der Waals surface area contributed by atoms with Crippen LogP contribution in [0, 0.1) is 0 Å². The van der Waals surface area contributed by atoms with Gasteiger partial charge in [0.25, 0.3) is 0 Å². The van der Waals surface area contributed by atoms with Crippen LogP contribution < -0.4 is 0 Å². The van der Waals surface area contributed by atoms with E-state index in [2.05, 4.69) is 0 Å². The molecular weight excluding hydrogens is 318 g/mol. The van der Waals surface area contributed by atoms with E-state index < -0.39 is 0 Å². The molecule has 2 rings (SSSR count). The summed E-state index contributed by atoms with van der Waals surface area (Å²) in [6.45, 7) is 0. The smallest absolute Gasteiger partial charge is 0.0546 e. The Morgan fingerprint density at radius 1 is 0.647 bits per heavy atom. The predicted molar refractivity (Wildman–Crippen MR) is 77.0 cm³/mol. The molecule has 0 heterocycles. The van der Waals surface area contributed by atoms with Crippen molar-refractivity contribution in [2.75, 3.05) is 0 Å². The Balaban J connectivity index is 2.37. The highest BCUT2D eigenvalue weighted by molar-refractivity contribution is 7.99. The van der Waals surface area contributed by atoms with Crippen LogP contribution in [0.3, 0.4) is 0 Å². The van der Waals surface area contributed by atoms with E-state index >= 15 is 0 Å². The third kappa shape index (κ3) is 3.46. The Kier molecular flexibility index (Phi) is 4.51. The van der Waals surface area contributed by atoms with E-state index in [1.165, 1.54) is 11.8 Å². The van der Waals surface area contributed by atoms with Gasteiger partial charge < -0.3 is 0 Å². The zero-order valence-electron chi connectivity index (χ0n) is 8.38. The Morgan fingerprint density at radius 2 is 1.06 bits per heavy atom. The average molecular weight is 324 g/mol. The van der Waals surface area contributed by atoms with Gasteiger partial charge in [0.1, 0.15) is 0 Å². The van der Waals surface area contributed by atoms with Crippen LogP contribution >= 0.6 is 58.2 Å². The van der Waals surface area contributed by atoms with Gasteiger partial charge in [-0.05, 0) is 36.4 Å². The molecule has 5 heteroatoms. The number of rotatable bonds is 2. The fourth-order valence-electron chi connectivity index (χ4n) is 1.23. The van der Waals surface area contributed by atoms with Crippen molar-refractivity contribution < 1.29 is 0 Å². The maximum absolute atomic E-state index is 6.08. The second-order valence-corrected chi connectivity index (χ2v) is 6.02. The molecule has 17 heavy (non-hydrogen) atoms. The van der Waals surface area contributed by atoms with Gasteiger partial charge in [0.2, 0.25) is 0 Å². The van der Waals surface area contributed by atoms with Crippen LogP contribution in [-0.4, -0.2) is 0 Å². The van der Waals surface area contributed by atoms with E-state index in [1.807, 2.05) is 0 Å². The van der Waals surface area contributed by atoms with Crippen molar-refractivity contribution in [2.45, 2.75) is 9.79 Å². The highest BCUT2D eigenvalue weighted by Gasteiger charge is 2.07. The summed E-state index contributed by atoms with van der Waals surface area (Å²) < 4.78 is 0. The summed E-state index contributed by atoms with van der Waals surface area (Å²) in [5.41, 5.74) is 0. The molecule has 0 nitrogen and oxygen atoms in total. The summed E-state index contributed by atoms with van der Waals surface area (Å²) in [6.07, 6.45) is 0. The quantitative estimate of drug-likeness (QED) is 0.611. The second kappa shape index (κ2) is 5.73. The summed E-state index contributed by atoms with van der Waals surface area (Å²) in [4.78, 5) is 1.70. The third-order valence-corrected chi connectivity index (χ3v) is 4.48. The molecule has 0 atom stereocenters. The van der Waals surface area contributed by atoms with Gasteiger partial charge in [-0.2, -0.15) is 0 Å². The van der Waals surface area contributed by atoms with Crippen molar-refractivity contribution in [3.63, 3.8) is 0 Å². The van der Waals surface area contributed by atoms with E-state index in [1.54, 1.807) is 36.4 Å². The van der Waals surface area contributed by atoms with Crippen LogP contribution in [0.5, 0.6) is 0 Å². The first-order valence-corrected chi connectivity index (χ1v) is 6.97. The van der Waals surface area contributed by atoms with E-state index in [-0.39, 0.29) is 0 Å². The first kappa shape index (κ1) is 13.4. The molecule has 0 amide bonds. The maximum Gasteiger partial charge on any atom is 0.0546 e. The molecule has 2 aromatic carbocycles. The predicted octanol–water partition coefficient (Wildman–Crippen LogP) is 6.45. The minimum Gasteiger partial charge on any atom is -0.0869 e. The molecule has 0 spiro atoms. The highest BCUT2D eigenvalue weighted by Crippen LogP contribution is 2.39. The summed E-state index contributed by atoms with van der Waals surface area (Å²) in [5.74, 6) is 0. The topological polar surface area (TPSA) is 0 Å². The largest absolute Gasteiger partial charge is 0.0869 e. The molecule has 0 aliphatic heterocycles. The van der Waals surface area contributed by atoms with Crippen molar-refractivity contribution >= 4 is 58.2 Å². The zero-order chi connectivity index (χ0) is 12.4. The Morgan fingerprint density at radius 3 is 1.47 bits per heavy atom. The molecule has 0 N–H and O–H groups in total. The van der Waals surface area contributed by atoms with Gasteiger partial charge in [-0.15, -0.1) is 0 Å². The molecular formula is C12H6Cl4S. The molecule has 0 aliphatic rings. The van der Waals surface area contributed by atoms with E-state index in [9.17, 15) is 0 Å². The molecule has 0 saturated heterocycles. The molecule has 0 fully saturated rings. The molecule has 88 valence electrons. The molecule has 0 radical (unpaired) electrons. The van der Waals surface area contributed by atoms with Crippen LogP contribution in [-0.2, 0) is 0 Å². The summed E-state index contributed by atoms with van der Waals surface area (Å²) in [5, 5.41) is 2.54. The lowest BCUT2D eigenvalue weighted by Gasteiger charge is -2.07. The van der Waals surface area contributed by atoms with Gasteiger partial charge >= 0.3 is 0 Å². The van der Waals surface area contributed by atoms with Crippen molar-refractivity contribution in [2.24, 2.45) is 0 Å². The monoisotopic (exact) mass is 322 g/mol. The lowest BCUT2D eigenvalue weighted by atomic mass is 10.3. The molecule has 0 aromatic heterocycles. The van der Waals surface area contributed by atoms with Gasteiger partial charge in [0.15, 0.2) is 0 Å². The van der Waals surface area contributed by atoms with Crippen molar-refractivity contribution in [3.05, 3.63) is 56.5 Å². The van der Waals surface area contributed by atoms with Crippen LogP contribution in [0.15, 0.2) is 46.2 Å². The fourth-order valence-corrected chi connectivity index (χ4v) is 3.11. The van der Waals surface area contributed by atoms with Gasteiger partial charge in [0, 0.05) is 19.8 Å². The summed E-state index contributed by atoms with van der Waals surface area (Å²) in [6, 6.07) is 10.6. The molecule has 0 unspecified atom stereocenters. The lowest BCUT2D eigenvalue weighted by molar-refractivity contribution is 1.41. The number of halogens is 4. The number of hydrogen-bond donors (Lipinski definition) is 0. The van der Waals surface area contributed by atoms with E-state index in [4.69, 9.17) is 46.4 Å². The van der Waals surface area contributed by atoms with Crippen molar-refractivity contribution in [1.29, 1.82) is 0 Å². The van der Waals surface area contributed by atoms with E-state index in [0.717, 1.165) is 9.79 Å². The van der Waals surface area contributed by atoms with E-state index in [0.29, 0.717) is 20.1 Å². The van der Waals surface area contributed by atoms with Gasteiger partial charge in [-0.1, -0.05) is 58.2 Å². The average Bonchev–Trinajstić information content (AvgIpc) is 2.28. The summed E-state index contributed by atoms with van der Waals surface area (Å²) in [7, 11) is 0. The molecule has 0 saturated carbocycles. The van der Waals surface area contributed by atoms with Gasteiger partial charge in [-0.25, -0.2) is 0 Å². The Labute approximate surface area is 124 Å². The molecule has 2 aromatic rings.